The third-order valence-electron chi connectivity index (χ3n) is 5.98. The van der Waals surface area contributed by atoms with Gasteiger partial charge in [-0.05, 0) is 61.5 Å². The second-order valence-electron chi connectivity index (χ2n) is 7.73. The number of H-pyrrole nitrogens is 1. The number of amides is 2. The van der Waals surface area contributed by atoms with Gasteiger partial charge in [0.2, 0.25) is 11.8 Å². The van der Waals surface area contributed by atoms with Crippen LogP contribution in [0.4, 0.5) is 0 Å². The largest absolute Gasteiger partial charge is 0.368 e. The van der Waals surface area contributed by atoms with E-state index in [9.17, 15) is 9.59 Å². The number of hydrogen-bond donors (Lipinski definition) is 3. The first-order chi connectivity index (χ1) is 13.6. The summed E-state index contributed by atoms with van der Waals surface area (Å²) in [5, 5.41) is 4.50. The van der Waals surface area contributed by atoms with Crippen LogP contribution >= 0.6 is 0 Å². The first-order valence-electron chi connectivity index (χ1n) is 10.1. The van der Waals surface area contributed by atoms with Crippen molar-refractivity contribution in [1.29, 1.82) is 0 Å². The SMILES string of the molecule is NC(=O)C1CN(C2CCNCC2)CCN1C(=O)[CH]Cc1ccc2[nH]ccc2c1. The fourth-order valence-corrected chi connectivity index (χ4v) is 4.37. The van der Waals surface area contributed by atoms with Crippen LogP contribution in [-0.4, -0.2) is 71.4 Å². The number of benzene rings is 1. The summed E-state index contributed by atoms with van der Waals surface area (Å²) in [6, 6.07) is 8.05. The number of aromatic nitrogens is 1. The van der Waals surface area contributed by atoms with Crippen molar-refractivity contribution in [3.05, 3.63) is 42.4 Å². The molecular formula is C21H28N5O2. The van der Waals surface area contributed by atoms with E-state index in [0.29, 0.717) is 25.6 Å². The molecule has 149 valence electrons. The Morgan fingerprint density at radius 3 is 2.79 bits per heavy atom. The number of rotatable bonds is 5. The second kappa shape index (κ2) is 8.32. The maximum atomic E-state index is 12.8. The Balaban J connectivity index is 1.37. The highest BCUT2D eigenvalue weighted by atomic mass is 16.2. The predicted molar refractivity (Wildman–Crippen MR) is 108 cm³/mol. The molecule has 0 aliphatic carbocycles. The molecule has 2 saturated heterocycles. The molecule has 1 aromatic carbocycles. The molecule has 4 N–H and O–H groups in total. The van der Waals surface area contributed by atoms with Crippen LogP contribution in [0, 0.1) is 6.42 Å². The van der Waals surface area contributed by atoms with Crippen LogP contribution in [0.3, 0.4) is 0 Å². The van der Waals surface area contributed by atoms with Gasteiger partial charge in [0.25, 0.3) is 0 Å². The molecule has 2 aliphatic heterocycles. The third kappa shape index (κ3) is 4.05. The first-order valence-corrected chi connectivity index (χ1v) is 10.1. The minimum Gasteiger partial charge on any atom is -0.368 e. The molecule has 1 radical (unpaired) electrons. The molecular weight excluding hydrogens is 354 g/mol. The van der Waals surface area contributed by atoms with Crippen LogP contribution in [-0.2, 0) is 16.0 Å². The minimum atomic E-state index is -0.556. The Morgan fingerprint density at radius 1 is 1.18 bits per heavy atom. The van der Waals surface area contributed by atoms with Crippen LogP contribution in [0.5, 0.6) is 0 Å². The van der Waals surface area contributed by atoms with E-state index in [0.717, 1.165) is 48.9 Å². The van der Waals surface area contributed by atoms with Crippen molar-refractivity contribution in [1.82, 2.24) is 20.1 Å². The fourth-order valence-electron chi connectivity index (χ4n) is 4.37. The van der Waals surface area contributed by atoms with E-state index in [1.807, 2.05) is 24.4 Å². The minimum absolute atomic E-state index is 0.108. The molecule has 0 bridgehead atoms. The van der Waals surface area contributed by atoms with Crippen molar-refractivity contribution in [2.75, 3.05) is 32.7 Å². The molecule has 2 fully saturated rings. The molecule has 4 rings (SSSR count). The molecule has 2 aliphatic rings. The molecule has 7 nitrogen and oxygen atoms in total. The Labute approximate surface area is 165 Å². The highest BCUT2D eigenvalue weighted by Gasteiger charge is 2.36. The first kappa shape index (κ1) is 19.0. The van der Waals surface area contributed by atoms with E-state index in [2.05, 4.69) is 21.3 Å². The number of nitrogens with one attached hydrogen (secondary N) is 2. The summed E-state index contributed by atoms with van der Waals surface area (Å²) < 4.78 is 0. The summed E-state index contributed by atoms with van der Waals surface area (Å²) in [5.41, 5.74) is 7.81. The molecule has 1 unspecified atom stereocenters. The third-order valence-corrected chi connectivity index (χ3v) is 5.98. The highest BCUT2D eigenvalue weighted by Crippen LogP contribution is 2.20. The lowest BCUT2D eigenvalue weighted by Crippen LogP contribution is -2.62. The average molecular weight is 382 g/mol. The summed E-state index contributed by atoms with van der Waals surface area (Å²) in [4.78, 5) is 32.0. The van der Waals surface area contributed by atoms with Crippen molar-refractivity contribution >= 4 is 22.7 Å². The van der Waals surface area contributed by atoms with E-state index in [-0.39, 0.29) is 5.91 Å². The predicted octanol–water partition coefficient (Wildman–Crippen LogP) is 0.665. The Kier molecular flexibility index (Phi) is 5.64. The van der Waals surface area contributed by atoms with Crippen LogP contribution in [0.1, 0.15) is 18.4 Å². The molecule has 7 heteroatoms. The molecule has 28 heavy (non-hydrogen) atoms. The zero-order valence-electron chi connectivity index (χ0n) is 16.1. The van der Waals surface area contributed by atoms with Gasteiger partial charge in [-0.3, -0.25) is 14.5 Å². The van der Waals surface area contributed by atoms with Gasteiger partial charge in [-0.2, -0.15) is 0 Å². The van der Waals surface area contributed by atoms with Gasteiger partial charge in [0, 0.05) is 37.4 Å². The number of nitrogens with zero attached hydrogens (tertiary/aromatic N) is 2. The van der Waals surface area contributed by atoms with Gasteiger partial charge in [-0.1, -0.05) is 6.07 Å². The number of piperidine rings is 1. The summed E-state index contributed by atoms with van der Waals surface area (Å²) in [6.45, 7) is 3.89. The van der Waals surface area contributed by atoms with Gasteiger partial charge in [0.15, 0.2) is 0 Å². The van der Waals surface area contributed by atoms with Crippen molar-refractivity contribution in [2.24, 2.45) is 5.73 Å². The van der Waals surface area contributed by atoms with Crippen LogP contribution in [0.15, 0.2) is 30.5 Å². The van der Waals surface area contributed by atoms with Crippen molar-refractivity contribution < 1.29 is 9.59 Å². The molecule has 1 atom stereocenters. The van der Waals surface area contributed by atoms with E-state index in [1.165, 1.54) is 0 Å². The zero-order valence-corrected chi connectivity index (χ0v) is 16.1. The maximum absolute atomic E-state index is 12.8. The van der Waals surface area contributed by atoms with Gasteiger partial charge in [0.05, 0.1) is 6.42 Å². The summed E-state index contributed by atoms with van der Waals surface area (Å²) in [7, 11) is 0. The number of nitrogens with two attached hydrogens (primary N) is 1. The van der Waals surface area contributed by atoms with E-state index < -0.39 is 11.9 Å². The maximum Gasteiger partial charge on any atom is 0.241 e. The second-order valence-corrected chi connectivity index (χ2v) is 7.73. The van der Waals surface area contributed by atoms with E-state index >= 15 is 0 Å². The van der Waals surface area contributed by atoms with Crippen molar-refractivity contribution in [3.8, 4) is 0 Å². The van der Waals surface area contributed by atoms with Gasteiger partial charge in [-0.25, -0.2) is 0 Å². The number of piperazine rings is 1. The van der Waals surface area contributed by atoms with E-state index in [4.69, 9.17) is 5.73 Å². The summed E-state index contributed by atoms with van der Waals surface area (Å²) in [5.74, 6) is -0.531. The lowest BCUT2D eigenvalue weighted by atomic mass is 10.0. The topological polar surface area (TPSA) is 94.5 Å². The van der Waals surface area contributed by atoms with Crippen LogP contribution < -0.4 is 11.1 Å². The monoisotopic (exact) mass is 382 g/mol. The molecule has 1 aromatic heterocycles. The molecule has 2 aromatic rings. The van der Waals surface area contributed by atoms with Gasteiger partial charge in [0.1, 0.15) is 6.04 Å². The highest BCUT2D eigenvalue weighted by molar-refractivity contribution is 5.91. The Hall–Kier alpha value is -2.38. The number of aromatic amines is 1. The zero-order chi connectivity index (χ0) is 19.5. The quantitative estimate of drug-likeness (QED) is 0.708. The Morgan fingerprint density at radius 2 is 2.00 bits per heavy atom. The lowest BCUT2D eigenvalue weighted by molar-refractivity contribution is -0.141. The van der Waals surface area contributed by atoms with Gasteiger partial charge in [-0.15, -0.1) is 0 Å². The number of carbonyl (C=O) groups is 2. The van der Waals surface area contributed by atoms with Crippen molar-refractivity contribution in [3.63, 3.8) is 0 Å². The standard InChI is InChI=1S/C21H28N5O2/c22-21(28)19-14-25(17-6-8-23-9-7-17)11-12-26(19)20(27)4-2-15-1-3-18-16(13-15)5-10-24-18/h1,3-5,10,13,17,19,23-24H,2,6-9,11-12,14H2,(H2,22,28). The average Bonchev–Trinajstić information content (AvgIpc) is 3.20. The number of fused-ring (bicyclic) bond motifs is 1. The number of carbonyl (C=O) groups excluding carboxylic acids is 2. The summed E-state index contributed by atoms with van der Waals surface area (Å²) in [6.07, 6.45) is 6.27. The molecule has 0 spiro atoms. The van der Waals surface area contributed by atoms with Crippen LogP contribution in [0.2, 0.25) is 0 Å². The van der Waals surface area contributed by atoms with E-state index in [1.54, 1.807) is 11.3 Å². The van der Waals surface area contributed by atoms with Crippen molar-refractivity contribution in [2.45, 2.75) is 31.3 Å². The smallest absolute Gasteiger partial charge is 0.241 e. The summed E-state index contributed by atoms with van der Waals surface area (Å²) >= 11 is 0. The number of hydrogen-bond acceptors (Lipinski definition) is 4. The molecule has 0 saturated carbocycles. The number of primary amides is 1. The van der Waals surface area contributed by atoms with Crippen LogP contribution in [0.25, 0.3) is 10.9 Å². The molecule has 3 heterocycles. The Bertz CT molecular complexity index is 842. The normalized spacial score (nSPS) is 21.9. The lowest BCUT2D eigenvalue weighted by Gasteiger charge is -2.44. The van der Waals surface area contributed by atoms with Gasteiger partial charge >= 0.3 is 0 Å². The van der Waals surface area contributed by atoms with Gasteiger partial charge < -0.3 is 20.9 Å². The fraction of sp³-hybridized carbons (Fsp3) is 0.476. The molecule has 2 amide bonds.